The lowest BCUT2D eigenvalue weighted by Gasteiger charge is -2.27. The summed E-state index contributed by atoms with van der Waals surface area (Å²) in [6.07, 6.45) is 10.4. The van der Waals surface area contributed by atoms with Crippen molar-refractivity contribution in [1.82, 2.24) is 29.5 Å². The first-order valence-corrected chi connectivity index (χ1v) is 11.7. The van der Waals surface area contributed by atoms with E-state index in [9.17, 15) is 4.79 Å². The normalized spacial score (nSPS) is 16.7. The first kappa shape index (κ1) is 21.2. The molecule has 3 aromatic heterocycles. The second kappa shape index (κ2) is 9.10. The lowest BCUT2D eigenvalue weighted by Crippen LogP contribution is -2.38. The summed E-state index contributed by atoms with van der Waals surface area (Å²) in [6, 6.07) is 12.3. The van der Waals surface area contributed by atoms with E-state index in [1.807, 2.05) is 45.8 Å². The number of fused-ring (bicyclic) bond motifs is 1. The molecule has 1 amide bonds. The molecule has 1 atom stereocenters. The van der Waals surface area contributed by atoms with Crippen molar-refractivity contribution in [1.29, 1.82) is 0 Å². The van der Waals surface area contributed by atoms with Crippen LogP contribution < -0.4 is 0 Å². The molecule has 4 aromatic rings. The summed E-state index contributed by atoms with van der Waals surface area (Å²) in [5.41, 5.74) is 6.05. The van der Waals surface area contributed by atoms with Gasteiger partial charge in [-0.15, -0.1) is 0 Å². The smallest absolute Gasteiger partial charge is 0.272 e. The summed E-state index contributed by atoms with van der Waals surface area (Å²) >= 11 is 0. The van der Waals surface area contributed by atoms with E-state index >= 15 is 0 Å². The van der Waals surface area contributed by atoms with Gasteiger partial charge >= 0.3 is 0 Å². The van der Waals surface area contributed by atoms with Gasteiger partial charge in [0.25, 0.3) is 5.91 Å². The minimum Gasteiger partial charge on any atom is -0.335 e. The molecule has 1 unspecified atom stereocenters. The maximum atomic E-state index is 13.3. The molecule has 4 heterocycles. The van der Waals surface area contributed by atoms with Gasteiger partial charge in [0.15, 0.2) is 5.65 Å². The highest BCUT2D eigenvalue weighted by atomic mass is 16.2. The van der Waals surface area contributed by atoms with Crippen LogP contribution in [0.1, 0.15) is 55.7 Å². The molecule has 0 bridgehead atoms. The van der Waals surface area contributed by atoms with E-state index in [-0.39, 0.29) is 11.9 Å². The molecule has 1 aliphatic heterocycles. The van der Waals surface area contributed by atoms with Gasteiger partial charge in [-0.05, 0) is 37.8 Å². The van der Waals surface area contributed by atoms with Crippen molar-refractivity contribution in [3.8, 4) is 22.4 Å². The van der Waals surface area contributed by atoms with Crippen LogP contribution in [0, 0.1) is 0 Å². The number of rotatable bonds is 4. The third kappa shape index (κ3) is 4.23. The average Bonchev–Trinajstić information content (AvgIpc) is 3.18. The quantitative estimate of drug-likeness (QED) is 0.455. The number of amides is 1. The minimum atomic E-state index is 0.0267. The number of carbonyl (C=O) groups excluding carboxylic acids is 1. The number of nitrogens with zero attached hydrogens (tertiary/aromatic N) is 6. The second-order valence-corrected chi connectivity index (χ2v) is 8.69. The predicted molar refractivity (Wildman–Crippen MR) is 128 cm³/mol. The highest BCUT2D eigenvalue weighted by Crippen LogP contribution is 2.25. The van der Waals surface area contributed by atoms with Crippen molar-refractivity contribution >= 4 is 11.6 Å². The van der Waals surface area contributed by atoms with Crippen molar-refractivity contribution in [3.05, 3.63) is 66.5 Å². The van der Waals surface area contributed by atoms with E-state index in [4.69, 9.17) is 10.1 Å². The van der Waals surface area contributed by atoms with Gasteiger partial charge in [-0.3, -0.25) is 4.79 Å². The fourth-order valence-electron chi connectivity index (χ4n) is 4.54. The zero-order valence-electron chi connectivity index (χ0n) is 19.1. The molecule has 33 heavy (non-hydrogen) atoms. The summed E-state index contributed by atoms with van der Waals surface area (Å²) in [5.74, 6) is 0.0267. The Morgan fingerprint density at radius 1 is 1.00 bits per heavy atom. The lowest BCUT2D eigenvalue weighted by atomic mass is 10.1. The SMILES string of the molecule is CCc1cc(C(=O)N2CCCCCC2C)nc2cc(-c3ccc(-c4cncnc4)cc3)nn12. The van der Waals surface area contributed by atoms with E-state index in [0.29, 0.717) is 11.3 Å². The Morgan fingerprint density at radius 3 is 2.52 bits per heavy atom. The molecular weight excluding hydrogens is 412 g/mol. The van der Waals surface area contributed by atoms with Crippen LogP contribution in [0.15, 0.2) is 55.1 Å². The fourth-order valence-corrected chi connectivity index (χ4v) is 4.54. The van der Waals surface area contributed by atoms with E-state index < -0.39 is 0 Å². The Kier molecular flexibility index (Phi) is 5.86. The lowest BCUT2D eigenvalue weighted by molar-refractivity contribution is 0.0692. The molecule has 7 heteroatoms. The molecule has 5 rings (SSSR count). The minimum absolute atomic E-state index is 0.0267. The van der Waals surface area contributed by atoms with Crippen molar-refractivity contribution in [2.75, 3.05) is 6.54 Å². The van der Waals surface area contributed by atoms with E-state index in [1.54, 1.807) is 12.4 Å². The van der Waals surface area contributed by atoms with Crippen molar-refractivity contribution < 1.29 is 4.79 Å². The zero-order valence-corrected chi connectivity index (χ0v) is 19.1. The molecule has 168 valence electrons. The molecule has 0 N–H and O–H groups in total. The number of benzene rings is 1. The Labute approximate surface area is 193 Å². The Morgan fingerprint density at radius 2 is 1.76 bits per heavy atom. The van der Waals surface area contributed by atoms with E-state index in [1.165, 1.54) is 19.2 Å². The standard InChI is InChI=1S/C26H28N6O/c1-3-22-13-24(26(33)31-12-6-4-5-7-18(31)2)29-25-14-23(30-32(22)25)20-10-8-19(9-11-20)21-15-27-17-28-16-21/h8-11,13-18H,3-7,12H2,1-2H3. The maximum absolute atomic E-state index is 13.3. The second-order valence-electron chi connectivity index (χ2n) is 8.69. The van der Waals surface area contributed by atoms with Crippen LogP contribution in [0.3, 0.4) is 0 Å². The van der Waals surface area contributed by atoms with Crippen LogP contribution >= 0.6 is 0 Å². The van der Waals surface area contributed by atoms with E-state index in [2.05, 4.69) is 23.8 Å². The van der Waals surface area contributed by atoms with E-state index in [0.717, 1.165) is 53.9 Å². The summed E-state index contributed by atoms with van der Waals surface area (Å²) in [6.45, 7) is 5.03. The van der Waals surface area contributed by atoms with Crippen LogP contribution in [-0.2, 0) is 6.42 Å². The molecule has 1 fully saturated rings. The number of hydrogen-bond acceptors (Lipinski definition) is 5. The van der Waals surface area contributed by atoms with Crippen LogP contribution in [-0.4, -0.2) is 48.0 Å². The van der Waals surface area contributed by atoms with Crippen molar-refractivity contribution in [3.63, 3.8) is 0 Å². The van der Waals surface area contributed by atoms with Crippen LogP contribution in [0.5, 0.6) is 0 Å². The summed E-state index contributed by atoms with van der Waals surface area (Å²) in [7, 11) is 0. The summed E-state index contributed by atoms with van der Waals surface area (Å²) in [5, 5.41) is 4.80. The molecule has 1 saturated heterocycles. The Balaban J connectivity index is 1.48. The molecule has 0 aliphatic carbocycles. The fraction of sp³-hybridized carbons (Fsp3) is 0.346. The van der Waals surface area contributed by atoms with Gasteiger partial charge in [-0.2, -0.15) is 5.10 Å². The number of carbonyl (C=O) groups is 1. The third-order valence-electron chi connectivity index (χ3n) is 6.47. The molecule has 0 spiro atoms. The third-order valence-corrected chi connectivity index (χ3v) is 6.47. The van der Waals surface area contributed by atoms with Gasteiger partial charge in [0.05, 0.1) is 5.69 Å². The Hall–Kier alpha value is -3.61. The molecule has 7 nitrogen and oxygen atoms in total. The molecule has 1 aliphatic rings. The van der Waals surface area contributed by atoms with Crippen LogP contribution in [0.4, 0.5) is 0 Å². The zero-order chi connectivity index (χ0) is 22.8. The van der Waals surface area contributed by atoms with Crippen molar-refractivity contribution in [2.24, 2.45) is 0 Å². The predicted octanol–water partition coefficient (Wildman–Crippen LogP) is 4.82. The van der Waals surface area contributed by atoms with Gasteiger partial charge in [0.1, 0.15) is 12.0 Å². The Bertz CT molecular complexity index is 1270. The van der Waals surface area contributed by atoms with Crippen molar-refractivity contribution in [2.45, 2.75) is 52.0 Å². The molecular formula is C26H28N6O. The number of hydrogen-bond donors (Lipinski definition) is 0. The summed E-state index contributed by atoms with van der Waals surface area (Å²) < 4.78 is 1.86. The largest absolute Gasteiger partial charge is 0.335 e. The highest BCUT2D eigenvalue weighted by Gasteiger charge is 2.25. The topological polar surface area (TPSA) is 76.3 Å². The average molecular weight is 441 g/mol. The van der Waals surface area contributed by atoms with Crippen LogP contribution in [0.25, 0.3) is 28.0 Å². The number of aryl methyl sites for hydroxylation is 1. The van der Waals surface area contributed by atoms with Gasteiger partial charge in [0, 0.05) is 47.9 Å². The monoisotopic (exact) mass is 440 g/mol. The van der Waals surface area contributed by atoms with Gasteiger partial charge < -0.3 is 4.90 Å². The van der Waals surface area contributed by atoms with Crippen LogP contribution in [0.2, 0.25) is 0 Å². The van der Waals surface area contributed by atoms with Gasteiger partial charge in [-0.25, -0.2) is 19.5 Å². The first-order chi connectivity index (χ1) is 16.1. The van der Waals surface area contributed by atoms with Gasteiger partial charge in [-0.1, -0.05) is 44.0 Å². The molecule has 1 aromatic carbocycles. The maximum Gasteiger partial charge on any atom is 0.272 e. The number of aromatic nitrogens is 5. The molecule has 0 radical (unpaired) electrons. The highest BCUT2D eigenvalue weighted by molar-refractivity contribution is 5.93. The van der Waals surface area contributed by atoms with Gasteiger partial charge in [0.2, 0.25) is 0 Å². The summed E-state index contributed by atoms with van der Waals surface area (Å²) in [4.78, 5) is 28.2. The number of likely N-dealkylation sites (tertiary alicyclic amines) is 1. The molecule has 0 saturated carbocycles. The first-order valence-electron chi connectivity index (χ1n) is 11.7.